The Hall–Kier alpha value is -2.38. The van der Waals surface area contributed by atoms with Crippen LogP contribution in [0.2, 0.25) is 0 Å². The van der Waals surface area contributed by atoms with Crippen molar-refractivity contribution >= 4 is 64.2 Å². The van der Waals surface area contributed by atoms with Gasteiger partial charge in [0.1, 0.15) is 42.1 Å². The predicted octanol–water partition coefficient (Wildman–Crippen LogP) is -2.25. The van der Waals surface area contributed by atoms with Gasteiger partial charge in [0.05, 0.1) is 31.8 Å². The molecule has 5 rings (SSSR count). The molecule has 266 valence electrons. The Labute approximate surface area is 273 Å². The van der Waals surface area contributed by atoms with E-state index < -0.39 is 97.8 Å². The highest BCUT2D eigenvalue weighted by Gasteiger charge is 2.50. The number of nitrogens with two attached hydrogens (primary N) is 1. The van der Waals surface area contributed by atoms with Crippen LogP contribution in [-0.2, 0) is 40.8 Å². The molecule has 3 aliphatic rings. The van der Waals surface area contributed by atoms with Gasteiger partial charge in [-0.2, -0.15) is 13.6 Å². The van der Waals surface area contributed by atoms with Crippen LogP contribution >= 0.6 is 35.7 Å². The summed E-state index contributed by atoms with van der Waals surface area (Å²) in [5, 5.41) is 45.2. The number of rotatable bonds is 13. The van der Waals surface area contributed by atoms with Crippen molar-refractivity contribution in [1.29, 1.82) is 0 Å². The maximum absolute atomic E-state index is 12.4. The van der Waals surface area contributed by atoms with E-state index in [0.717, 1.165) is 4.90 Å². The summed E-state index contributed by atoms with van der Waals surface area (Å²) in [6, 6.07) is -1.35. The number of carbonyl (C=O) groups excluding carboxylic acids is 1. The zero-order valence-corrected chi connectivity index (χ0v) is 27.3. The van der Waals surface area contributed by atoms with Crippen molar-refractivity contribution in [1.82, 2.24) is 29.7 Å². The maximum Gasteiger partial charge on any atom is 0.490 e. The summed E-state index contributed by atoms with van der Waals surface area (Å²) in [6.45, 7) is -2.09. The lowest BCUT2D eigenvalue weighted by Crippen LogP contribution is -2.53. The molecule has 0 saturated carbocycles. The number of carbonyl (C=O) groups is 1. The van der Waals surface area contributed by atoms with Crippen LogP contribution in [0.4, 0.5) is 10.7 Å². The van der Waals surface area contributed by atoms with Crippen molar-refractivity contribution in [2.75, 3.05) is 18.9 Å². The Kier molecular flexibility index (Phi) is 10.8. The number of amides is 2. The Morgan fingerprint density at radius 1 is 0.917 bits per heavy atom. The van der Waals surface area contributed by atoms with Crippen molar-refractivity contribution < 1.29 is 80.7 Å². The number of nitrogen functional groups attached to an aromatic ring is 1. The number of phosphoric ester groups is 2. The van der Waals surface area contributed by atoms with E-state index in [2.05, 4.69) is 37.9 Å². The van der Waals surface area contributed by atoms with Gasteiger partial charge in [-0.25, -0.2) is 28.5 Å². The minimum Gasteiger partial charge on any atom is -0.387 e. The molecule has 2 aromatic heterocycles. The largest absolute Gasteiger partial charge is 0.490 e. The van der Waals surface area contributed by atoms with Crippen LogP contribution in [0.1, 0.15) is 6.23 Å². The van der Waals surface area contributed by atoms with Gasteiger partial charge < -0.3 is 55.6 Å². The Morgan fingerprint density at radius 2 is 1.48 bits per heavy atom. The minimum atomic E-state index is -5.95. The average Bonchev–Trinajstić information content (AvgIpc) is 3.62. The molecule has 0 spiro atoms. The van der Waals surface area contributed by atoms with Gasteiger partial charge in [0.2, 0.25) is 5.95 Å². The lowest BCUT2D eigenvalue weighted by atomic mass is 10.1. The number of aromatic nitrogens is 4. The van der Waals surface area contributed by atoms with Crippen molar-refractivity contribution in [2.24, 2.45) is 0 Å². The van der Waals surface area contributed by atoms with Gasteiger partial charge in [0.15, 0.2) is 18.1 Å². The lowest BCUT2D eigenvalue weighted by Gasteiger charge is -2.31. The molecule has 2 saturated heterocycles. The number of nitrogens with one attached hydrogen (secondary N) is 1. The number of hydrogen-bond donors (Lipinski definition) is 9. The molecule has 4 unspecified atom stereocenters. The predicted molar refractivity (Wildman–Crippen MR) is 157 cm³/mol. The van der Waals surface area contributed by atoms with Crippen molar-refractivity contribution in [3.05, 3.63) is 24.8 Å². The summed E-state index contributed by atoms with van der Waals surface area (Å²) in [7, 11) is -17.2. The van der Waals surface area contributed by atoms with Crippen molar-refractivity contribution in [2.45, 2.75) is 55.1 Å². The zero-order valence-electron chi connectivity index (χ0n) is 23.8. The van der Waals surface area contributed by atoms with Gasteiger partial charge >= 0.3 is 29.5 Å². The van der Waals surface area contributed by atoms with E-state index in [1.54, 1.807) is 0 Å². The molecule has 2 fully saturated rings. The van der Waals surface area contributed by atoms with Crippen LogP contribution in [0.5, 0.6) is 0 Å². The number of phosphoric acid groups is 3. The minimum absolute atomic E-state index is 0.0844. The molecule has 2 amide bonds. The van der Waals surface area contributed by atoms with E-state index in [1.807, 2.05) is 0 Å². The highest BCUT2D eigenvalue weighted by Crippen LogP contribution is 2.67. The number of anilines is 1. The second-order valence-electron chi connectivity index (χ2n) is 10.2. The van der Waals surface area contributed by atoms with E-state index in [0.29, 0.717) is 0 Å². The summed E-state index contributed by atoms with van der Waals surface area (Å²) in [6.07, 6.45) is -7.74. The highest BCUT2D eigenvalue weighted by molar-refractivity contribution is 7.79. The Balaban J connectivity index is 1.13. The molecule has 48 heavy (non-hydrogen) atoms. The van der Waals surface area contributed by atoms with E-state index in [1.165, 1.54) is 34.7 Å². The molecule has 12 atom stereocenters. The summed E-state index contributed by atoms with van der Waals surface area (Å²) in [5.74, 6) is -0.0844. The maximum atomic E-state index is 12.4. The molecule has 5 heterocycles. The van der Waals surface area contributed by atoms with E-state index in [4.69, 9.17) is 27.4 Å². The average molecular weight is 763 g/mol. The van der Waals surface area contributed by atoms with Crippen LogP contribution in [0.3, 0.4) is 0 Å². The first-order chi connectivity index (χ1) is 22.4. The third-order valence-electron chi connectivity index (χ3n) is 6.92. The molecular weight excluding hydrogens is 735 g/mol. The topological polar surface area (TPSA) is 350 Å². The number of thiocarbonyl (C=S) groups is 1. The molecule has 0 aromatic carbocycles. The Bertz CT molecular complexity index is 1720. The van der Waals surface area contributed by atoms with E-state index in [9.17, 15) is 53.6 Å². The molecule has 2 aromatic rings. The van der Waals surface area contributed by atoms with Crippen LogP contribution in [0.15, 0.2) is 24.8 Å². The molecule has 24 nitrogen and oxygen atoms in total. The normalized spacial score (nSPS) is 34.4. The number of aliphatic hydroxyl groups is 4. The molecule has 3 aliphatic heterocycles. The highest BCUT2D eigenvalue weighted by atomic mass is 32.1. The number of nitrogens with zero attached hydrogens (tertiary/aromatic N) is 5. The summed E-state index contributed by atoms with van der Waals surface area (Å²) in [4.78, 5) is 54.6. The van der Waals surface area contributed by atoms with E-state index >= 15 is 0 Å². The standard InChI is InChI=1S/C20H28N7O17P3S/c21-19-22-3-9-16(25-19)23-7-27(9)18-15(31)13(29)11(42-18)5-40-46(35,36)44-47(37,38)43-45(33,34)39-4-10-12(28)14(30)17(41-10)26-2-1-8(6-48)24-20(26)32/h1-3,6-8,10-15,17-18,28-31H,4-5H2,(H,24,32)(H,33,34)(H,35,36)(H,37,38)(H2,21,22,25)/t8?,10-,11-,12-,13-,14-,15-,17+,18+/m1/s1. The van der Waals surface area contributed by atoms with Crippen LogP contribution in [-0.4, -0.2) is 133 Å². The summed E-state index contributed by atoms with van der Waals surface area (Å²) in [5.41, 5.74) is 5.88. The third kappa shape index (κ3) is 8.15. The van der Waals surface area contributed by atoms with Crippen LogP contribution in [0, 0.1) is 0 Å². The van der Waals surface area contributed by atoms with Gasteiger partial charge in [-0.05, 0) is 6.08 Å². The van der Waals surface area contributed by atoms with Gasteiger partial charge in [0, 0.05) is 11.6 Å². The molecule has 0 bridgehead atoms. The lowest BCUT2D eigenvalue weighted by molar-refractivity contribution is -0.0651. The first-order valence-corrected chi connectivity index (χ1v) is 18.3. The molecule has 0 aliphatic carbocycles. The number of hydrogen-bond acceptors (Lipinski definition) is 19. The van der Waals surface area contributed by atoms with Gasteiger partial charge in [-0.1, -0.05) is 12.2 Å². The van der Waals surface area contributed by atoms with Gasteiger partial charge in [0.25, 0.3) is 0 Å². The fraction of sp³-hybridized carbons (Fsp3) is 0.550. The Morgan fingerprint density at radius 3 is 2.04 bits per heavy atom. The zero-order chi connectivity index (χ0) is 35.2. The van der Waals surface area contributed by atoms with E-state index in [-0.39, 0.29) is 17.1 Å². The number of urea groups is 1. The quantitative estimate of drug-likeness (QED) is 0.0768. The summed E-state index contributed by atoms with van der Waals surface area (Å²) >= 11 is 4.75. The van der Waals surface area contributed by atoms with Crippen LogP contribution in [0.25, 0.3) is 11.2 Å². The number of imidazole rings is 1. The number of aliphatic hydroxyl groups excluding tert-OH is 4. The first kappa shape index (κ1) is 36.9. The van der Waals surface area contributed by atoms with Crippen molar-refractivity contribution in [3.8, 4) is 0 Å². The van der Waals surface area contributed by atoms with Crippen molar-refractivity contribution in [3.63, 3.8) is 0 Å². The van der Waals surface area contributed by atoms with Gasteiger partial charge in [-0.3, -0.25) is 18.5 Å². The molecule has 28 heteroatoms. The second kappa shape index (κ2) is 14.1. The fourth-order valence-electron chi connectivity index (χ4n) is 4.69. The monoisotopic (exact) mass is 763 g/mol. The summed E-state index contributed by atoms with van der Waals surface area (Å²) < 4.78 is 66.3. The SMILES string of the molecule is Nc1ncc2c(ncn2[C@H]2O[C@H](COP(=O)(O)OP(=O)(O)OP(=O)(O)OC[C@H]3O[C@H](N4C=CC(C=S)NC4=O)[C@H](O)[C@@H]3O)[C@@H](O)[C@H]2O)n1. The molecule has 0 radical (unpaired) electrons. The molecule has 10 N–H and O–H groups in total. The van der Waals surface area contributed by atoms with Gasteiger partial charge in [-0.15, -0.1) is 0 Å². The third-order valence-corrected chi connectivity index (χ3v) is 11.5. The smallest absolute Gasteiger partial charge is 0.387 e. The first-order valence-electron chi connectivity index (χ1n) is 13.3. The fourth-order valence-corrected chi connectivity index (χ4v) is 8.37. The number of fused-ring (bicyclic) bond motifs is 1. The van der Waals surface area contributed by atoms with Crippen LogP contribution < -0.4 is 11.1 Å². The molecular formula is C20H28N7O17P3S. The second-order valence-corrected chi connectivity index (χ2v) is 15.1. The number of ether oxygens (including phenoxy) is 2.